The molecule has 0 unspecified atom stereocenters. The zero-order valence-corrected chi connectivity index (χ0v) is 30.0. The zero-order valence-electron chi connectivity index (χ0n) is 26.7. The van der Waals surface area contributed by atoms with Gasteiger partial charge < -0.3 is 15.6 Å². The smallest absolute Gasteiger partial charge is 0.354 e. The van der Waals surface area contributed by atoms with Gasteiger partial charge >= 0.3 is 10.6 Å². The Morgan fingerprint density at radius 3 is 1.72 bits per heavy atom. The van der Waals surface area contributed by atoms with Gasteiger partial charge in [-0.1, -0.05) is 54.6 Å². The third-order valence-corrected chi connectivity index (χ3v) is 10.3. The first-order chi connectivity index (χ1) is 25.0. The number of rotatable bonds is 8. The maximum absolute atomic E-state index is 14.2. The second kappa shape index (κ2) is 14.1. The van der Waals surface area contributed by atoms with Crippen LogP contribution in [0.5, 0.6) is 0 Å². The quantitative estimate of drug-likeness (QED) is 0.0948. The first-order valence-corrected chi connectivity index (χ1v) is 19.8. The highest BCUT2D eigenvalue weighted by Crippen LogP contribution is 2.46. The molecule has 280 valence electrons. The van der Waals surface area contributed by atoms with Crippen molar-refractivity contribution < 1.29 is 65.9 Å². The fourth-order valence-electron chi connectivity index (χ4n) is 5.76. The number of amides is 1. The minimum atomic E-state index is -5.39. The Kier molecular flexibility index (Phi) is 10.3. The first kappa shape index (κ1) is 39.3. The lowest BCUT2D eigenvalue weighted by Crippen LogP contribution is -2.25. The van der Waals surface area contributed by atoms with Gasteiger partial charge in [0.1, 0.15) is 14.7 Å². The van der Waals surface area contributed by atoms with Crippen LogP contribution in [0.2, 0.25) is 0 Å². The van der Waals surface area contributed by atoms with E-state index in [1.54, 1.807) is 6.07 Å². The van der Waals surface area contributed by atoms with Gasteiger partial charge in [-0.05, 0) is 23.8 Å². The molecule has 5 aromatic rings. The second-order valence-electron chi connectivity index (χ2n) is 11.1. The maximum atomic E-state index is 14.2. The third-order valence-electron chi connectivity index (χ3n) is 7.68. The molecule has 23 heteroatoms. The number of ketones is 2. The van der Waals surface area contributed by atoms with Crippen molar-refractivity contribution in [3.8, 4) is 11.1 Å². The highest BCUT2D eigenvalue weighted by atomic mass is 32.2. The van der Waals surface area contributed by atoms with Gasteiger partial charge in [0.15, 0.2) is 11.6 Å². The number of H-pyrrole nitrogens is 1. The van der Waals surface area contributed by atoms with E-state index in [1.807, 2.05) is 0 Å². The van der Waals surface area contributed by atoms with Gasteiger partial charge in [-0.2, -0.15) is 25.3 Å². The van der Waals surface area contributed by atoms with E-state index in [9.17, 15) is 58.1 Å². The lowest BCUT2D eigenvalue weighted by molar-refractivity contribution is -0.114. The second-order valence-corrected chi connectivity index (χ2v) is 15.7. The standard InChI is InChI=1S/C31H21N3O13S3.O3S/c1-14(35)32-18-11-19(22(49(42,43)44)13-21(18)48(39,40)41)33-20-12-23(50(45,46)47)28-26-24(16-9-5-6-10-17(16)30(37)25(20)26)27(31(38)34-28)29(36)15-7-3-2-4-8-15;1-4(2)3/h2-13,33H,1H3,(H,32,35)(H,34,38)(H,39,40,41)(H,42,43,44)(H,45,46,47);. The van der Waals surface area contributed by atoms with Crippen LogP contribution in [-0.4, -0.2) is 74.0 Å². The molecule has 4 aromatic carbocycles. The largest absolute Gasteiger partial charge is 0.425 e. The van der Waals surface area contributed by atoms with Crippen molar-refractivity contribution in [1.29, 1.82) is 0 Å². The van der Waals surface area contributed by atoms with E-state index in [0.29, 0.717) is 18.2 Å². The number of aromatic amines is 1. The molecular weight excluding hydrogens is 799 g/mol. The molecule has 54 heavy (non-hydrogen) atoms. The molecule has 0 fully saturated rings. The molecule has 1 aromatic heterocycles. The lowest BCUT2D eigenvalue weighted by Gasteiger charge is -2.25. The predicted molar refractivity (Wildman–Crippen MR) is 186 cm³/mol. The SMILES string of the molecule is CC(=O)Nc1cc(Nc2cc(S(=O)(=O)O)c3[nH]c(=O)c(C(=O)c4ccccc4)c4c3c2C(=O)c2ccccc2-4)c(S(=O)(=O)O)cc1S(=O)(=O)O.O=S(=O)=O. The van der Waals surface area contributed by atoms with Crippen LogP contribution in [0.3, 0.4) is 0 Å². The number of nitrogens with one attached hydrogen (secondary N) is 3. The van der Waals surface area contributed by atoms with Gasteiger partial charge in [-0.25, -0.2) is 0 Å². The van der Waals surface area contributed by atoms with E-state index in [-0.39, 0.29) is 27.6 Å². The summed E-state index contributed by atoms with van der Waals surface area (Å²) < 4.78 is 130. The molecule has 0 saturated heterocycles. The third kappa shape index (κ3) is 7.58. The Morgan fingerprint density at radius 2 is 1.19 bits per heavy atom. The summed E-state index contributed by atoms with van der Waals surface area (Å²) in [7, 11) is -19.0. The number of hydrogen-bond donors (Lipinski definition) is 6. The van der Waals surface area contributed by atoms with Crippen LogP contribution in [0, 0.1) is 0 Å². The van der Waals surface area contributed by atoms with Crippen LogP contribution in [0.15, 0.2) is 92.3 Å². The molecule has 1 aliphatic rings. The maximum Gasteiger partial charge on any atom is 0.425 e. The van der Waals surface area contributed by atoms with Crippen molar-refractivity contribution in [3.63, 3.8) is 0 Å². The highest BCUT2D eigenvalue weighted by Gasteiger charge is 2.36. The normalized spacial score (nSPS) is 12.3. The molecular formula is C31H21N3O16S4. The van der Waals surface area contributed by atoms with Crippen LogP contribution in [0.25, 0.3) is 22.0 Å². The minimum Gasteiger partial charge on any atom is -0.354 e. The number of carbonyl (C=O) groups excluding carboxylic acids is 3. The van der Waals surface area contributed by atoms with Gasteiger partial charge in [0, 0.05) is 29.0 Å². The van der Waals surface area contributed by atoms with Gasteiger partial charge in [-0.15, -0.1) is 12.6 Å². The molecule has 6 N–H and O–H groups in total. The number of aromatic nitrogens is 1. The summed E-state index contributed by atoms with van der Waals surface area (Å²) in [6, 6.07) is 14.9. The summed E-state index contributed by atoms with van der Waals surface area (Å²) in [5.74, 6) is -2.54. The van der Waals surface area contributed by atoms with Crippen LogP contribution in [0.4, 0.5) is 17.1 Å². The fourth-order valence-corrected chi connectivity index (χ4v) is 7.82. The topological polar surface area (TPSA) is 322 Å². The van der Waals surface area contributed by atoms with Crippen molar-refractivity contribution in [2.75, 3.05) is 10.6 Å². The number of anilines is 3. The summed E-state index contributed by atoms with van der Waals surface area (Å²) in [4.78, 5) is 52.6. The van der Waals surface area contributed by atoms with Crippen molar-refractivity contribution in [2.45, 2.75) is 21.6 Å². The summed E-state index contributed by atoms with van der Waals surface area (Å²) in [6.45, 7) is 0.954. The predicted octanol–water partition coefficient (Wildman–Crippen LogP) is 2.41. The lowest BCUT2D eigenvalue weighted by atomic mass is 9.80. The molecule has 0 bridgehead atoms. The Hall–Kier alpha value is -5.95. The molecule has 0 aliphatic heterocycles. The van der Waals surface area contributed by atoms with E-state index in [4.69, 9.17) is 12.6 Å². The Bertz CT molecular complexity index is 2990. The number of fused-ring (bicyclic) bond motifs is 2. The Morgan fingerprint density at radius 1 is 0.667 bits per heavy atom. The van der Waals surface area contributed by atoms with E-state index in [2.05, 4.69) is 15.6 Å². The molecule has 0 spiro atoms. The monoisotopic (exact) mass is 819 g/mol. The Balaban J connectivity index is 0.00000133. The van der Waals surface area contributed by atoms with E-state index >= 15 is 0 Å². The zero-order chi connectivity index (χ0) is 40.1. The van der Waals surface area contributed by atoms with E-state index < -0.39 is 112 Å². The van der Waals surface area contributed by atoms with Crippen LogP contribution in [0.1, 0.15) is 38.8 Å². The average Bonchev–Trinajstić information content (AvgIpc) is 3.05. The Labute approximate surface area is 305 Å². The molecule has 0 radical (unpaired) electrons. The van der Waals surface area contributed by atoms with Crippen molar-refractivity contribution >= 4 is 86.4 Å². The average molecular weight is 820 g/mol. The van der Waals surface area contributed by atoms with Crippen molar-refractivity contribution in [1.82, 2.24) is 4.98 Å². The fraction of sp³-hybridized carbons (Fsp3) is 0.0323. The van der Waals surface area contributed by atoms with Gasteiger partial charge in [0.2, 0.25) is 5.91 Å². The van der Waals surface area contributed by atoms with Crippen molar-refractivity contribution in [3.05, 3.63) is 105 Å². The molecule has 1 aliphatic carbocycles. The highest BCUT2D eigenvalue weighted by molar-refractivity contribution is 7.87. The molecule has 0 atom stereocenters. The summed E-state index contributed by atoms with van der Waals surface area (Å²) >= 11 is 0. The van der Waals surface area contributed by atoms with Crippen LogP contribution >= 0.6 is 0 Å². The molecule has 19 nitrogen and oxygen atoms in total. The number of hydrogen-bond acceptors (Lipinski definition) is 14. The first-order valence-electron chi connectivity index (χ1n) is 14.4. The van der Waals surface area contributed by atoms with E-state index in [0.717, 1.165) is 6.92 Å². The summed E-state index contributed by atoms with van der Waals surface area (Å²) in [6.07, 6.45) is 0. The minimum absolute atomic E-state index is 0.0443. The van der Waals surface area contributed by atoms with E-state index in [1.165, 1.54) is 48.5 Å². The van der Waals surface area contributed by atoms with Gasteiger partial charge in [0.05, 0.1) is 33.7 Å². The molecule has 1 heterocycles. The molecule has 0 saturated carbocycles. The molecule has 6 rings (SSSR count). The van der Waals surface area contributed by atoms with Gasteiger partial charge in [0.25, 0.3) is 35.9 Å². The summed E-state index contributed by atoms with van der Waals surface area (Å²) in [5, 5.41) is 4.21. The van der Waals surface area contributed by atoms with Gasteiger partial charge in [-0.3, -0.25) is 32.8 Å². The summed E-state index contributed by atoms with van der Waals surface area (Å²) in [5.41, 5.74) is -4.82. The molecule has 1 amide bonds. The number of carbonyl (C=O) groups is 3. The van der Waals surface area contributed by atoms with Crippen LogP contribution in [-0.2, 0) is 45.8 Å². The number of benzene rings is 4. The number of pyridine rings is 1. The van der Waals surface area contributed by atoms with Crippen LogP contribution < -0.4 is 16.2 Å². The van der Waals surface area contributed by atoms with Crippen molar-refractivity contribution in [2.24, 2.45) is 0 Å².